The monoisotopic (exact) mass is 749 g/mol. The van der Waals surface area contributed by atoms with E-state index in [1.807, 2.05) is 12.1 Å². The molecule has 7 nitrogen and oxygen atoms in total. The third kappa shape index (κ3) is 5.87. The van der Waals surface area contributed by atoms with Crippen LogP contribution in [0.1, 0.15) is 25.0 Å². The van der Waals surface area contributed by atoms with Crippen LogP contribution in [0.15, 0.2) is 56.9 Å². The Hall–Kier alpha value is -0.900. The second-order valence-electron chi connectivity index (χ2n) is 7.05. The highest BCUT2D eigenvalue weighted by Crippen LogP contribution is 2.49. The van der Waals surface area contributed by atoms with Crippen LogP contribution in [0.5, 0.6) is 5.75 Å². The Kier molecular flexibility index (Phi) is 8.58. The minimum absolute atomic E-state index is 0.0291. The van der Waals surface area contributed by atoms with Crippen LogP contribution in [0.25, 0.3) is 0 Å². The van der Waals surface area contributed by atoms with Crippen LogP contribution in [-0.4, -0.2) is 20.8 Å². The van der Waals surface area contributed by atoms with Crippen molar-refractivity contribution in [3.63, 3.8) is 0 Å². The van der Waals surface area contributed by atoms with Crippen LogP contribution in [0.4, 0.5) is 0 Å². The topological polar surface area (TPSA) is 75.2 Å². The van der Waals surface area contributed by atoms with Gasteiger partial charge in [0.15, 0.2) is -0.565 Å². The van der Waals surface area contributed by atoms with Gasteiger partial charge >= 0.3 is 17.1 Å². The second-order valence-corrected chi connectivity index (χ2v) is 18.1. The van der Waals surface area contributed by atoms with Gasteiger partial charge in [0.1, 0.15) is 5.75 Å². The van der Waals surface area contributed by atoms with Gasteiger partial charge in [-0.25, -0.2) is 28.1 Å². The number of aromatic nitrogens is 3. The molecule has 0 unspecified atom stereocenters. The maximum Gasteiger partial charge on any atom is 0.336 e. The zero-order chi connectivity index (χ0) is 22.8. The van der Waals surface area contributed by atoms with Crippen molar-refractivity contribution < 1.29 is 4.74 Å². The largest absolute Gasteiger partial charge is 0.496 e. The zero-order valence-electron chi connectivity index (χ0n) is 16.9. The van der Waals surface area contributed by atoms with Crippen molar-refractivity contribution in [2.24, 2.45) is 0 Å². The first-order valence-corrected chi connectivity index (χ1v) is 12.1. The van der Waals surface area contributed by atoms with Crippen LogP contribution >= 0.6 is 67.8 Å². The molecule has 0 bridgehead atoms. The molecule has 0 amide bonds. The number of hydrogen-bond donors (Lipinski definition) is 0. The standard InChI is InChI=1S/C20H22I3N3O4/c1-12(2)9-24-17(27)25(10-13(3)4)19(29)26(18(24)28)11-14-6-7-16(30-5)15(8-14)20(21,22)23/h6-8H,1,3,9-11H2,2,4-5H3. The predicted molar refractivity (Wildman–Crippen MR) is 145 cm³/mol. The minimum atomic E-state index is -0.659. The van der Waals surface area contributed by atoms with Crippen molar-refractivity contribution in [2.45, 2.75) is 32.9 Å². The lowest BCUT2D eigenvalue weighted by atomic mass is 10.1. The molecule has 162 valence electrons. The lowest BCUT2D eigenvalue weighted by Crippen LogP contribution is -2.54. The quantitative estimate of drug-likeness (QED) is 0.234. The number of benzene rings is 1. The molecule has 0 atom stereocenters. The molecule has 0 aliphatic heterocycles. The summed E-state index contributed by atoms with van der Waals surface area (Å²) in [6.07, 6.45) is 0. The molecule has 1 aromatic carbocycles. The number of nitrogens with zero attached hydrogens (tertiary/aromatic N) is 3. The summed E-state index contributed by atoms with van der Waals surface area (Å²) in [6.45, 7) is 11.1. The van der Waals surface area contributed by atoms with Gasteiger partial charge in [0.2, 0.25) is 0 Å². The summed E-state index contributed by atoms with van der Waals surface area (Å²) in [7, 11) is 1.60. The molecule has 1 aromatic heterocycles. The lowest BCUT2D eigenvalue weighted by molar-refractivity contribution is 0.411. The summed E-state index contributed by atoms with van der Waals surface area (Å²) in [6, 6.07) is 5.53. The molecular weight excluding hydrogens is 727 g/mol. The van der Waals surface area contributed by atoms with Crippen LogP contribution in [0.3, 0.4) is 0 Å². The van der Waals surface area contributed by atoms with Crippen molar-refractivity contribution >= 4 is 67.8 Å². The predicted octanol–water partition coefficient (Wildman–Crippen LogP) is 3.80. The van der Waals surface area contributed by atoms with Gasteiger partial charge in [0.05, 0.1) is 26.7 Å². The van der Waals surface area contributed by atoms with Crippen molar-refractivity contribution in [3.8, 4) is 5.75 Å². The Balaban J connectivity index is 2.72. The van der Waals surface area contributed by atoms with Gasteiger partial charge in [-0.3, -0.25) is 0 Å². The van der Waals surface area contributed by atoms with Crippen molar-refractivity contribution in [1.82, 2.24) is 13.7 Å². The average molecular weight is 749 g/mol. The number of halogens is 3. The first kappa shape index (κ1) is 25.4. The van der Waals surface area contributed by atoms with Gasteiger partial charge in [-0.15, -0.1) is 0 Å². The highest BCUT2D eigenvalue weighted by atomic mass is 127. The van der Waals surface area contributed by atoms with Gasteiger partial charge in [0.25, 0.3) is 0 Å². The van der Waals surface area contributed by atoms with Gasteiger partial charge in [0, 0.05) is 5.56 Å². The van der Waals surface area contributed by atoms with Gasteiger partial charge in [-0.2, -0.15) is 0 Å². The summed E-state index contributed by atoms with van der Waals surface area (Å²) in [5.41, 5.74) is 0.973. The summed E-state index contributed by atoms with van der Waals surface area (Å²) >= 11 is 6.86. The van der Waals surface area contributed by atoms with Crippen molar-refractivity contribution in [2.75, 3.05) is 7.11 Å². The molecule has 0 spiro atoms. The van der Waals surface area contributed by atoms with Crippen LogP contribution in [0.2, 0.25) is 0 Å². The summed E-state index contributed by atoms with van der Waals surface area (Å²) < 4.78 is 8.33. The summed E-state index contributed by atoms with van der Waals surface area (Å²) in [5, 5.41) is 0. The van der Waals surface area contributed by atoms with E-state index in [0.29, 0.717) is 11.1 Å². The molecular formula is C20H22I3N3O4. The third-order valence-electron chi connectivity index (χ3n) is 4.15. The molecule has 0 saturated heterocycles. The van der Waals surface area contributed by atoms with Crippen LogP contribution in [-0.2, 0) is 19.1 Å². The second kappa shape index (κ2) is 10.1. The maximum absolute atomic E-state index is 13.0. The molecule has 1 heterocycles. The van der Waals surface area contributed by atoms with Crippen LogP contribution < -0.4 is 21.8 Å². The number of ether oxygens (including phenoxy) is 1. The molecule has 30 heavy (non-hydrogen) atoms. The third-order valence-corrected chi connectivity index (χ3v) is 5.89. The summed E-state index contributed by atoms with van der Waals surface area (Å²) in [4.78, 5) is 38.8. The Bertz CT molecular complexity index is 1120. The van der Waals surface area contributed by atoms with Crippen molar-refractivity contribution in [1.29, 1.82) is 0 Å². The Morgan fingerprint density at radius 2 is 1.40 bits per heavy atom. The van der Waals surface area contributed by atoms with Gasteiger partial charge in [-0.1, -0.05) is 30.4 Å². The minimum Gasteiger partial charge on any atom is -0.496 e. The molecule has 0 fully saturated rings. The molecule has 0 N–H and O–H groups in total. The highest BCUT2D eigenvalue weighted by Gasteiger charge is 2.25. The first-order chi connectivity index (χ1) is 13.9. The summed E-state index contributed by atoms with van der Waals surface area (Å²) in [5.74, 6) is 0.719. The SMILES string of the molecule is C=C(C)Cn1c(=O)n(CC(=C)C)c(=O)n(Cc2ccc(OC)c(C(I)(I)I)c2)c1=O. The number of hydrogen-bond acceptors (Lipinski definition) is 4. The van der Waals surface area contributed by atoms with E-state index < -0.39 is 17.1 Å². The lowest BCUT2D eigenvalue weighted by Gasteiger charge is -2.19. The highest BCUT2D eigenvalue weighted by molar-refractivity contribution is 14.3. The fourth-order valence-electron chi connectivity index (χ4n) is 2.89. The van der Waals surface area contributed by atoms with E-state index in [0.717, 1.165) is 30.6 Å². The van der Waals surface area contributed by atoms with E-state index >= 15 is 0 Å². The van der Waals surface area contributed by atoms with E-state index in [1.54, 1.807) is 27.0 Å². The molecule has 0 saturated carbocycles. The Morgan fingerprint density at radius 1 is 0.933 bits per heavy atom. The molecule has 10 heteroatoms. The number of alkyl halides is 3. The van der Waals surface area contributed by atoms with Gasteiger partial charge < -0.3 is 4.74 Å². The van der Waals surface area contributed by atoms with E-state index in [1.165, 1.54) is 0 Å². The number of methoxy groups -OCH3 is 1. The fraction of sp³-hybridized carbons (Fsp3) is 0.350. The normalized spacial score (nSPS) is 11.4. The zero-order valence-corrected chi connectivity index (χ0v) is 23.3. The van der Waals surface area contributed by atoms with Crippen LogP contribution in [0, 0.1) is 0 Å². The molecule has 2 aromatic rings. The average Bonchev–Trinajstić information content (AvgIpc) is 2.64. The van der Waals surface area contributed by atoms with E-state index in [9.17, 15) is 14.4 Å². The number of rotatable bonds is 8. The molecule has 2 rings (SSSR count). The Labute approximate surface area is 215 Å². The maximum atomic E-state index is 13.0. The van der Waals surface area contributed by atoms with E-state index in [2.05, 4.69) is 80.9 Å². The molecule has 0 aliphatic carbocycles. The van der Waals surface area contributed by atoms with E-state index in [-0.39, 0.29) is 19.1 Å². The molecule has 0 aliphatic rings. The fourth-order valence-corrected chi connectivity index (χ4v) is 4.15. The first-order valence-electron chi connectivity index (χ1n) is 8.84. The van der Waals surface area contributed by atoms with Crippen molar-refractivity contribution in [3.05, 3.63) is 85.1 Å². The van der Waals surface area contributed by atoms with E-state index in [4.69, 9.17) is 4.74 Å². The van der Waals surface area contributed by atoms with Gasteiger partial charge in [-0.05, 0) is 99.3 Å². The smallest absolute Gasteiger partial charge is 0.336 e. The molecule has 0 radical (unpaired) electrons. The Morgan fingerprint density at radius 3 is 1.80 bits per heavy atom. The number of allylic oxidation sites excluding steroid dienone is 2.